The van der Waals surface area contributed by atoms with Crippen LogP contribution >= 0.6 is 0 Å². The predicted octanol–water partition coefficient (Wildman–Crippen LogP) is 2.29. The predicted molar refractivity (Wildman–Crippen MR) is 156 cm³/mol. The Morgan fingerprint density at radius 3 is 2.47 bits per heavy atom. The van der Waals surface area contributed by atoms with Crippen molar-refractivity contribution < 1.29 is 40.7 Å². The fraction of sp³-hybridized carbons (Fsp3) is 0.250. The Bertz CT molecular complexity index is 1740. The van der Waals surface area contributed by atoms with Gasteiger partial charge in [-0.05, 0) is 42.3 Å². The van der Waals surface area contributed by atoms with Crippen molar-refractivity contribution in [1.82, 2.24) is 29.5 Å². The second-order valence-corrected chi connectivity index (χ2v) is 11.1. The van der Waals surface area contributed by atoms with Crippen LogP contribution in [-0.4, -0.2) is 66.3 Å². The number of hydrogen-bond donors (Lipinski definition) is 4. The highest BCUT2D eigenvalue weighted by molar-refractivity contribution is 7.87. The number of aromatic nitrogens is 3. The molecule has 2 heterocycles. The van der Waals surface area contributed by atoms with Crippen LogP contribution in [0.2, 0.25) is 0 Å². The summed E-state index contributed by atoms with van der Waals surface area (Å²) in [6.07, 6.45) is -1.56. The number of amides is 1. The Morgan fingerprint density at radius 2 is 1.76 bits per heavy atom. The summed E-state index contributed by atoms with van der Waals surface area (Å²) in [7, 11) is -4.52. The molecule has 0 bridgehead atoms. The molecule has 4 N–H and O–H groups in total. The number of nitrogens with zero attached hydrogens (tertiary/aromatic N) is 3. The summed E-state index contributed by atoms with van der Waals surface area (Å²) in [5.74, 6) is -4.73. The monoisotopic (exact) mass is 647 g/mol. The molecule has 45 heavy (non-hydrogen) atoms. The van der Waals surface area contributed by atoms with Crippen molar-refractivity contribution in [2.45, 2.75) is 31.7 Å². The topological polar surface area (TPSA) is 173 Å². The van der Waals surface area contributed by atoms with E-state index in [-0.39, 0.29) is 12.1 Å². The zero-order valence-electron chi connectivity index (χ0n) is 23.5. The molecule has 0 aliphatic carbocycles. The number of rotatable bonds is 14. The molecule has 0 radical (unpaired) electrons. The van der Waals surface area contributed by atoms with Gasteiger partial charge in [-0.1, -0.05) is 36.4 Å². The van der Waals surface area contributed by atoms with Crippen molar-refractivity contribution in [3.63, 3.8) is 0 Å². The number of benzene rings is 2. The summed E-state index contributed by atoms with van der Waals surface area (Å²) in [6, 6.07) is 16.3. The van der Waals surface area contributed by atoms with Crippen molar-refractivity contribution in [3.05, 3.63) is 90.3 Å². The fourth-order valence-corrected chi connectivity index (χ4v) is 5.01. The first-order valence-electron chi connectivity index (χ1n) is 13.4. The number of ether oxygens (including phenoxy) is 1. The van der Waals surface area contributed by atoms with Crippen LogP contribution in [0.1, 0.15) is 22.3 Å². The highest BCUT2D eigenvalue weighted by atomic mass is 32.2. The average Bonchev–Trinajstić information content (AvgIpc) is 3.43. The highest BCUT2D eigenvalue weighted by Crippen LogP contribution is 2.18. The minimum Gasteiger partial charge on any atom is -0.385 e. The van der Waals surface area contributed by atoms with Gasteiger partial charge in [-0.15, -0.1) is 0 Å². The molecule has 4 aromatic rings. The molecule has 4 rings (SSSR count). The van der Waals surface area contributed by atoms with E-state index in [0.717, 1.165) is 17.8 Å². The first kappa shape index (κ1) is 33.0. The summed E-state index contributed by atoms with van der Waals surface area (Å²) >= 11 is 0. The quantitative estimate of drug-likeness (QED) is 0.0910. The van der Waals surface area contributed by atoms with Gasteiger partial charge in [0, 0.05) is 43.3 Å². The first-order valence-corrected chi connectivity index (χ1v) is 14.9. The zero-order valence-corrected chi connectivity index (χ0v) is 24.3. The minimum atomic E-state index is -5.51. The maximum absolute atomic E-state index is 12.9. The standard InChI is InChI=1S/C28H28F3N7O6S/c29-28(30,31)27(41)44-26(40)22(37-45(42,43)36-16-19-7-2-1-3-8-19)18-34-25(39)20-10-11-23-21(15-20)17-35-38(23)14-6-13-33-24-9-4-5-12-32-24/h1-5,7-12,15,17,22,36-37H,6,13-14,16,18H2,(H,32,33)(H,34,39)/t22-/m0/s1. The highest BCUT2D eigenvalue weighted by Gasteiger charge is 2.43. The van der Waals surface area contributed by atoms with Crippen LogP contribution in [0.3, 0.4) is 0 Å². The van der Waals surface area contributed by atoms with Gasteiger partial charge in [-0.3, -0.25) is 9.48 Å². The van der Waals surface area contributed by atoms with Crippen molar-refractivity contribution in [1.29, 1.82) is 0 Å². The van der Waals surface area contributed by atoms with Crippen LogP contribution in [0, 0.1) is 0 Å². The summed E-state index contributed by atoms with van der Waals surface area (Å²) in [5, 5.41) is 10.4. The van der Waals surface area contributed by atoms with Crippen molar-refractivity contribution in [3.8, 4) is 0 Å². The van der Waals surface area contributed by atoms with Crippen LogP contribution in [0.5, 0.6) is 0 Å². The van der Waals surface area contributed by atoms with E-state index in [1.807, 2.05) is 22.9 Å². The number of alkyl halides is 3. The van der Waals surface area contributed by atoms with Gasteiger partial charge in [-0.25, -0.2) is 14.6 Å². The molecular weight excluding hydrogens is 619 g/mol. The molecule has 1 atom stereocenters. The van der Waals surface area contributed by atoms with Crippen molar-refractivity contribution in [2.24, 2.45) is 0 Å². The summed E-state index contributed by atoms with van der Waals surface area (Å²) in [6.45, 7) is 0.145. The van der Waals surface area contributed by atoms with Crippen molar-refractivity contribution in [2.75, 3.05) is 18.4 Å². The second-order valence-electron chi connectivity index (χ2n) is 9.53. The lowest BCUT2D eigenvalue weighted by Gasteiger charge is -2.18. The Kier molecular flexibility index (Phi) is 10.8. The lowest BCUT2D eigenvalue weighted by molar-refractivity contribution is -0.202. The van der Waals surface area contributed by atoms with Crippen molar-refractivity contribution >= 4 is 44.8 Å². The number of anilines is 1. The van der Waals surface area contributed by atoms with Crippen LogP contribution in [0.15, 0.2) is 79.1 Å². The summed E-state index contributed by atoms with van der Waals surface area (Å²) < 4.78 is 72.7. The molecule has 0 spiro atoms. The van der Waals surface area contributed by atoms with Gasteiger partial charge in [-0.2, -0.15) is 36.1 Å². The van der Waals surface area contributed by atoms with Gasteiger partial charge in [0.25, 0.3) is 16.1 Å². The summed E-state index contributed by atoms with van der Waals surface area (Å²) in [5.41, 5.74) is 1.37. The van der Waals surface area contributed by atoms with Crippen LogP contribution in [0.25, 0.3) is 10.9 Å². The maximum Gasteiger partial charge on any atom is 0.491 e. The van der Waals surface area contributed by atoms with E-state index in [0.29, 0.717) is 24.0 Å². The van der Waals surface area contributed by atoms with Gasteiger partial charge in [0.2, 0.25) is 0 Å². The number of carbonyl (C=O) groups excluding carboxylic acids is 3. The van der Waals surface area contributed by atoms with Gasteiger partial charge >= 0.3 is 18.1 Å². The molecule has 0 aliphatic heterocycles. The van der Waals surface area contributed by atoms with Gasteiger partial charge < -0.3 is 15.4 Å². The normalized spacial score (nSPS) is 12.4. The Balaban J connectivity index is 1.38. The molecular formula is C28H28F3N7O6S. The van der Waals surface area contributed by atoms with Crippen LogP contribution in [0.4, 0.5) is 19.0 Å². The average molecular weight is 648 g/mol. The Hall–Kier alpha value is -4.87. The van der Waals surface area contributed by atoms with E-state index in [9.17, 15) is 36.0 Å². The number of aryl methyl sites for hydroxylation is 1. The van der Waals surface area contributed by atoms with E-state index < -0.39 is 46.8 Å². The molecule has 13 nitrogen and oxygen atoms in total. The number of nitrogens with one attached hydrogen (secondary N) is 4. The number of pyridine rings is 1. The fourth-order valence-electron chi connectivity index (χ4n) is 4.01. The van der Waals surface area contributed by atoms with Gasteiger partial charge in [0.1, 0.15) is 11.9 Å². The molecule has 17 heteroatoms. The van der Waals surface area contributed by atoms with Crippen LogP contribution < -0.4 is 20.1 Å². The third-order valence-corrected chi connectivity index (χ3v) is 7.32. The van der Waals surface area contributed by atoms with Crippen LogP contribution in [-0.2, 0) is 37.6 Å². The number of carbonyl (C=O) groups is 3. The number of esters is 2. The maximum atomic E-state index is 12.9. The Labute approximate surface area is 255 Å². The molecule has 0 aliphatic rings. The van der Waals surface area contributed by atoms with E-state index in [2.05, 4.69) is 30.2 Å². The minimum absolute atomic E-state index is 0.0995. The molecule has 0 saturated carbocycles. The molecule has 0 unspecified atom stereocenters. The van der Waals surface area contributed by atoms with E-state index in [1.165, 1.54) is 12.1 Å². The molecule has 238 valence electrons. The van der Waals surface area contributed by atoms with E-state index >= 15 is 0 Å². The van der Waals surface area contributed by atoms with E-state index in [1.54, 1.807) is 53.5 Å². The second kappa shape index (κ2) is 14.7. The molecule has 1 amide bonds. The first-order chi connectivity index (χ1) is 21.4. The van der Waals surface area contributed by atoms with Gasteiger partial charge in [0.15, 0.2) is 0 Å². The third-order valence-electron chi connectivity index (χ3n) is 6.20. The number of halogens is 3. The molecule has 0 fully saturated rings. The zero-order chi connectivity index (χ0) is 32.5. The molecule has 2 aromatic heterocycles. The number of fused-ring (bicyclic) bond motifs is 1. The third kappa shape index (κ3) is 9.82. The number of hydrogen-bond acceptors (Lipinski definition) is 9. The lowest BCUT2D eigenvalue weighted by atomic mass is 10.1. The lowest BCUT2D eigenvalue weighted by Crippen LogP contribution is -2.53. The van der Waals surface area contributed by atoms with Gasteiger partial charge in [0.05, 0.1) is 11.7 Å². The molecule has 2 aromatic carbocycles. The summed E-state index contributed by atoms with van der Waals surface area (Å²) in [4.78, 5) is 40.7. The SMILES string of the molecule is O=C(NC[C@H](NS(=O)(=O)NCc1ccccc1)C(=O)OC(=O)C(F)(F)F)c1ccc2c(cnn2CCCNc2ccccn2)c1. The Morgan fingerprint density at radius 1 is 1.00 bits per heavy atom. The smallest absolute Gasteiger partial charge is 0.385 e. The largest absolute Gasteiger partial charge is 0.491 e. The van der Waals surface area contributed by atoms with E-state index in [4.69, 9.17) is 0 Å². The molecule has 0 saturated heterocycles.